The maximum atomic E-state index is 10.6. The fourth-order valence-electron chi connectivity index (χ4n) is 2.81. The van der Waals surface area contributed by atoms with Crippen molar-refractivity contribution >= 4 is 0 Å². The number of benzene rings is 1. The van der Waals surface area contributed by atoms with E-state index < -0.39 is 6.10 Å². The second-order valence-electron chi connectivity index (χ2n) is 6.04. The quantitative estimate of drug-likeness (QED) is 0.874. The number of aliphatic hydroxyl groups is 1. The van der Waals surface area contributed by atoms with Gasteiger partial charge in [0.2, 0.25) is 0 Å². The van der Waals surface area contributed by atoms with E-state index in [2.05, 4.69) is 11.8 Å². The van der Waals surface area contributed by atoms with Crippen LogP contribution in [-0.2, 0) is 4.74 Å². The first-order valence-electron chi connectivity index (χ1n) is 8.05. The molecule has 0 spiro atoms. The Kier molecular flexibility index (Phi) is 4.78. The third-order valence-corrected chi connectivity index (χ3v) is 4.10. The number of rotatable bonds is 6. The molecule has 2 aliphatic rings. The molecule has 1 saturated carbocycles. The smallest absolute Gasteiger partial charge is 0.120 e. The first-order valence-corrected chi connectivity index (χ1v) is 8.05. The van der Waals surface area contributed by atoms with E-state index in [-0.39, 0.29) is 6.10 Å². The highest BCUT2D eigenvalue weighted by Gasteiger charge is 2.28. The van der Waals surface area contributed by atoms with E-state index in [0.29, 0.717) is 12.7 Å². The average Bonchev–Trinajstić information content (AvgIpc) is 3.31. The number of ether oxygens (including phenoxy) is 2. The van der Waals surface area contributed by atoms with Gasteiger partial charge in [0.15, 0.2) is 0 Å². The third-order valence-electron chi connectivity index (χ3n) is 4.10. The summed E-state index contributed by atoms with van der Waals surface area (Å²) in [7, 11) is 0. The first kappa shape index (κ1) is 14.8. The van der Waals surface area contributed by atoms with Crippen molar-refractivity contribution in [3.8, 4) is 5.75 Å². The second-order valence-corrected chi connectivity index (χ2v) is 6.04. The van der Waals surface area contributed by atoms with Gasteiger partial charge in [-0.05, 0) is 43.5 Å². The van der Waals surface area contributed by atoms with E-state index in [1.165, 1.54) is 0 Å². The summed E-state index contributed by atoms with van der Waals surface area (Å²) in [6.07, 6.45) is 3.06. The van der Waals surface area contributed by atoms with Gasteiger partial charge < -0.3 is 14.6 Å². The molecular weight excluding hydrogens is 266 g/mol. The minimum Gasteiger partial charge on any atom is -0.490 e. The predicted octanol–water partition coefficient (Wildman–Crippen LogP) is 2.37. The highest BCUT2D eigenvalue weighted by atomic mass is 16.5. The fraction of sp³-hybridized carbons (Fsp3) is 0.647. The van der Waals surface area contributed by atoms with Crippen LogP contribution in [0.15, 0.2) is 24.3 Å². The standard InChI is InChI=1S/C17H25NO3/c1-2-8-18-9-10-20-16(12-18)17(19)13-4-3-5-15(11-13)21-14-6-7-14/h3-5,11,14,16-17,19H,2,6-10,12H2,1H3. The summed E-state index contributed by atoms with van der Waals surface area (Å²) in [4.78, 5) is 2.36. The minimum absolute atomic E-state index is 0.151. The SMILES string of the molecule is CCCN1CCOC(C(O)c2cccc(OC3CC3)c2)C1. The van der Waals surface area contributed by atoms with Gasteiger partial charge in [0, 0.05) is 13.1 Å². The topological polar surface area (TPSA) is 41.9 Å². The van der Waals surface area contributed by atoms with Crippen molar-refractivity contribution < 1.29 is 14.6 Å². The predicted molar refractivity (Wildman–Crippen MR) is 81.5 cm³/mol. The van der Waals surface area contributed by atoms with E-state index >= 15 is 0 Å². The van der Waals surface area contributed by atoms with Crippen LogP contribution in [0.4, 0.5) is 0 Å². The van der Waals surface area contributed by atoms with Gasteiger partial charge in [-0.2, -0.15) is 0 Å². The largest absolute Gasteiger partial charge is 0.490 e. The molecule has 2 fully saturated rings. The molecule has 116 valence electrons. The number of hydrogen-bond acceptors (Lipinski definition) is 4. The third kappa shape index (κ3) is 3.96. The zero-order valence-corrected chi connectivity index (χ0v) is 12.7. The Labute approximate surface area is 126 Å². The molecule has 4 nitrogen and oxygen atoms in total. The molecule has 0 radical (unpaired) electrons. The summed E-state index contributed by atoms with van der Waals surface area (Å²) >= 11 is 0. The molecule has 0 bridgehead atoms. The zero-order valence-electron chi connectivity index (χ0n) is 12.7. The summed E-state index contributed by atoms with van der Waals surface area (Å²) in [5.41, 5.74) is 0.886. The van der Waals surface area contributed by atoms with Crippen LogP contribution in [0.1, 0.15) is 37.9 Å². The maximum absolute atomic E-state index is 10.6. The molecule has 1 aromatic carbocycles. The van der Waals surface area contributed by atoms with E-state index in [1.54, 1.807) is 0 Å². The normalized spacial score (nSPS) is 24.8. The van der Waals surface area contributed by atoms with Crippen LogP contribution >= 0.6 is 0 Å². The molecule has 21 heavy (non-hydrogen) atoms. The lowest BCUT2D eigenvalue weighted by Crippen LogP contribution is -2.45. The van der Waals surface area contributed by atoms with Gasteiger partial charge in [-0.3, -0.25) is 4.90 Å². The van der Waals surface area contributed by atoms with Crippen molar-refractivity contribution in [1.29, 1.82) is 0 Å². The summed E-state index contributed by atoms with van der Waals surface area (Å²) < 4.78 is 11.6. The lowest BCUT2D eigenvalue weighted by atomic mass is 10.0. The molecule has 1 aromatic rings. The number of nitrogens with zero attached hydrogens (tertiary/aromatic N) is 1. The number of hydrogen-bond donors (Lipinski definition) is 1. The van der Waals surface area contributed by atoms with Crippen LogP contribution in [0.25, 0.3) is 0 Å². The molecule has 1 heterocycles. The van der Waals surface area contributed by atoms with Crippen LogP contribution in [0, 0.1) is 0 Å². The molecule has 1 N–H and O–H groups in total. The first-order chi connectivity index (χ1) is 10.3. The van der Waals surface area contributed by atoms with E-state index in [1.807, 2.05) is 24.3 Å². The van der Waals surface area contributed by atoms with Crippen molar-refractivity contribution in [3.05, 3.63) is 29.8 Å². The van der Waals surface area contributed by atoms with Crippen molar-refractivity contribution in [1.82, 2.24) is 4.90 Å². The van der Waals surface area contributed by atoms with Gasteiger partial charge in [-0.1, -0.05) is 19.1 Å². The lowest BCUT2D eigenvalue weighted by molar-refractivity contribution is -0.0898. The van der Waals surface area contributed by atoms with Gasteiger partial charge in [-0.15, -0.1) is 0 Å². The number of morpholine rings is 1. The summed E-state index contributed by atoms with van der Waals surface area (Å²) in [5.74, 6) is 0.857. The lowest BCUT2D eigenvalue weighted by Gasteiger charge is -2.35. The molecule has 4 heteroatoms. The van der Waals surface area contributed by atoms with Gasteiger partial charge in [0.25, 0.3) is 0 Å². The Balaban J connectivity index is 1.64. The van der Waals surface area contributed by atoms with Crippen LogP contribution in [0.3, 0.4) is 0 Å². The van der Waals surface area contributed by atoms with Crippen molar-refractivity contribution in [3.63, 3.8) is 0 Å². The van der Waals surface area contributed by atoms with Crippen molar-refractivity contribution in [2.24, 2.45) is 0 Å². The van der Waals surface area contributed by atoms with E-state index in [9.17, 15) is 5.11 Å². The molecule has 1 aliphatic carbocycles. The highest BCUT2D eigenvalue weighted by Crippen LogP contribution is 2.30. The second kappa shape index (κ2) is 6.77. The van der Waals surface area contributed by atoms with Crippen molar-refractivity contribution in [2.75, 3.05) is 26.2 Å². The molecule has 2 unspecified atom stereocenters. The van der Waals surface area contributed by atoms with Gasteiger partial charge >= 0.3 is 0 Å². The van der Waals surface area contributed by atoms with E-state index in [0.717, 1.165) is 50.2 Å². The Bertz CT molecular complexity index is 459. The van der Waals surface area contributed by atoms with Crippen LogP contribution in [0.2, 0.25) is 0 Å². The summed E-state index contributed by atoms with van der Waals surface area (Å²) in [5, 5.41) is 10.6. The number of aliphatic hydroxyl groups excluding tert-OH is 1. The maximum Gasteiger partial charge on any atom is 0.120 e. The Morgan fingerprint density at radius 2 is 2.29 bits per heavy atom. The van der Waals surface area contributed by atoms with Gasteiger partial charge in [0.05, 0.1) is 12.7 Å². The fourth-order valence-corrected chi connectivity index (χ4v) is 2.81. The van der Waals surface area contributed by atoms with Crippen LogP contribution in [0.5, 0.6) is 5.75 Å². The molecular formula is C17H25NO3. The molecule has 0 aromatic heterocycles. The molecule has 1 aliphatic heterocycles. The van der Waals surface area contributed by atoms with Crippen molar-refractivity contribution in [2.45, 2.75) is 44.5 Å². The molecule has 0 amide bonds. The molecule has 1 saturated heterocycles. The van der Waals surface area contributed by atoms with Gasteiger partial charge in [-0.25, -0.2) is 0 Å². The minimum atomic E-state index is -0.590. The summed E-state index contributed by atoms with van der Waals surface area (Å²) in [6.45, 7) is 5.70. The average molecular weight is 291 g/mol. The Morgan fingerprint density at radius 1 is 1.43 bits per heavy atom. The van der Waals surface area contributed by atoms with Crippen LogP contribution in [-0.4, -0.2) is 48.5 Å². The molecule has 3 rings (SSSR count). The zero-order chi connectivity index (χ0) is 14.7. The summed E-state index contributed by atoms with van der Waals surface area (Å²) in [6, 6.07) is 7.81. The monoisotopic (exact) mass is 291 g/mol. The van der Waals surface area contributed by atoms with Gasteiger partial charge in [0.1, 0.15) is 18.0 Å². The van der Waals surface area contributed by atoms with Crippen LogP contribution < -0.4 is 4.74 Å². The Hall–Kier alpha value is -1.10. The molecule has 2 atom stereocenters. The Morgan fingerprint density at radius 3 is 3.05 bits per heavy atom. The van der Waals surface area contributed by atoms with E-state index in [4.69, 9.17) is 9.47 Å². The highest BCUT2D eigenvalue weighted by molar-refractivity contribution is 5.31.